The van der Waals surface area contributed by atoms with Crippen molar-refractivity contribution in [2.75, 3.05) is 18.5 Å². The number of benzene rings is 1. The van der Waals surface area contributed by atoms with E-state index in [4.69, 9.17) is 0 Å². The number of amides is 2. The van der Waals surface area contributed by atoms with Crippen LogP contribution >= 0.6 is 0 Å². The molecule has 5 rings (SSSR count). The van der Waals surface area contributed by atoms with Gasteiger partial charge in [-0.1, -0.05) is 12.1 Å². The topological polar surface area (TPSA) is 132 Å². The first-order valence-electron chi connectivity index (χ1n) is 13.5. The number of likely N-dealkylation sites (tertiary alicyclic amines) is 1. The van der Waals surface area contributed by atoms with Crippen molar-refractivity contribution in [2.24, 2.45) is 0 Å². The standard InChI is InChI=1S/C29H27F4N7O4/c1-15-4-7-24(44-14-29(31,32)33)36-27(15)37-28(43)23-9-20(30)12-39(23)25(42)13-40-22-6-5-18(19-10-34-17(3)35-11-19)8-21(22)26(38-40)16(2)41/h4-8,10-11,20,23H,9,12-14H2,1-3H3,(H,36,37,43)/t20-,23+/m1/s1. The summed E-state index contributed by atoms with van der Waals surface area (Å²) in [6.07, 6.45) is -3.06. The minimum atomic E-state index is -4.58. The molecule has 1 aliphatic heterocycles. The Morgan fingerprint density at radius 1 is 1.07 bits per heavy atom. The van der Waals surface area contributed by atoms with E-state index in [1.54, 1.807) is 44.4 Å². The lowest BCUT2D eigenvalue weighted by atomic mass is 10.0. The molecule has 230 valence electrons. The summed E-state index contributed by atoms with van der Waals surface area (Å²) in [6, 6.07) is 6.64. The van der Waals surface area contributed by atoms with Gasteiger partial charge in [-0.05, 0) is 37.1 Å². The van der Waals surface area contributed by atoms with Gasteiger partial charge in [0.1, 0.15) is 36.1 Å². The number of carbonyl (C=O) groups excluding carboxylic acids is 3. The van der Waals surface area contributed by atoms with Crippen molar-refractivity contribution in [3.63, 3.8) is 0 Å². The average Bonchev–Trinajstić information content (AvgIpc) is 3.54. The second-order valence-corrected chi connectivity index (χ2v) is 10.4. The van der Waals surface area contributed by atoms with Crippen molar-refractivity contribution >= 4 is 34.3 Å². The van der Waals surface area contributed by atoms with Crippen LogP contribution in [-0.2, 0) is 16.1 Å². The van der Waals surface area contributed by atoms with E-state index in [9.17, 15) is 31.9 Å². The minimum Gasteiger partial charge on any atom is -0.468 e. The number of hydrogen-bond acceptors (Lipinski definition) is 8. The molecule has 1 aliphatic rings. The van der Waals surface area contributed by atoms with Gasteiger partial charge in [-0.2, -0.15) is 23.3 Å². The zero-order valence-corrected chi connectivity index (χ0v) is 23.9. The number of nitrogens with one attached hydrogen (secondary N) is 1. The van der Waals surface area contributed by atoms with Crippen LogP contribution in [-0.4, -0.2) is 78.8 Å². The maximum Gasteiger partial charge on any atom is 0.422 e. The first-order chi connectivity index (χ1) is 20.8. The monoisotopic (exact) mass is 613 g/mol. The van der Waals surface area contributed by atoms with Crippen molar-refractivity contribution in [2.45, 2.75) is 52.1 Å². The number of ketones is 1. The van der Waals surface area contributed by atoms with Crippen LogP contribution in [0.15, 0.2) is 42.7 Å². The van der Waals surface area contributed by atoms with Crippen LogP contribution < -0.4 is 10.1 Å². The number of carbonyl (C=O) groups is 3. The van der Waals surface area contributed by atoms with Crippen molar-refractivity contribution in [3.05, 3.63) is 59.8 Å². The quantitative estimate of drug-likeness (QED) is 0.231. The highest BCUT2D eigenvalue weighted by molar-refractivity contribution is 6.06. The zero-order chi connectivity index (χ0) is 31.8. The number of rotatable bonds is 8. The Balaban J connectivity index is 1.36. The molecular weight excluding hydrogens is 586 g/mol. The number of Topliss-reactive ketones (excluding diaryl/α,β-unsaturated/α-hetero) is 1. The molecule has 3 aromatic heterocycles. The second kappa shape index (κ2) is 12.0. The summed E-state index contributed by atoms with van der Waals surface area (Å²) in [5.74, 6) is -1.55. The van der Waals surface area contributed by atoms with Gasteiger partial charge in [0, 0.05) is 42.8 Å². The Hall–Kier alpha value is -4.95. The molecule has 11 nitrogen and oxygen atoms in total. The minimum absolute atomic E-state index is 0.0802. The van der Waals surface area contributed by atoms with E-state index in [-0.39, 0.29) is 42.7 Å². The summed E-state index contributed by atoms with van der Waals surface area (Å²) < 4.78 is 58.2. The Kier molecular flexibility index (Phi) is 8.30. The summed E-state index contributed by atoms with van der Waals surface area (Å²) >= 11 is 0. The van der Waals surface area contributed by atoms with Crippen molar-refractivity contribution in [3.8, 4) is 17.0 Å². The summed E-state index contributed by atoms with van der Waals surface area (Å²) in [7, 11) is 0. The Morgan fingerprint density at radius 3 is 2.48 bits per heavy atom. The number of nitrogens with zero attached hydrogens (tertiary/aromatic N) is 6. The highest BCUT2D eigenvalue weighted by atomic mass is 19.4. The van der Waals surface area contributed by atoms with Gasteiger partial charge in [0.05, 0.1) is 12.1 Å². The molecule has 2 amide bonds. The van der Waals surface area contributed by atoms with Crippen molar-refractivity contribution in [1.29, 1.82) is 0 Å². The van der Waals surface area contributed by atoms with Gasteiger partial charge in [-0.15, -0.1) is 0 Å². The third kappa shape index (κ3) is 6.66. The summed E-state index contributed by atoms with van der Waals surface area (Å²) in [4.78, 5) is 52.5. The Morgan fingerprint density at radius 2 is 1.80 bits per heavy atom. The first kappa shape index (κ1) is 30.5. The molecule has 1 saturated heterocycles. The van der Waals surface area contributed by atoms with Crippen molar-refractivity contribution < 1.29 is 36.7 Å². The molecular formula is C29H27F4N7O4. The third-order valence-corrected chi connectivity index (χ3v) is 7.05. The van der Waals surface area contributed by atoms with E-state index < -0.39 is 36.8 Å². The number of halogens is 4. The van der Waals surface area contributed by atoms with Crippen LogP contribution in [0.5, 0.6) is 5.88 Å². The van der Waals surface area contributed by atoms with Gasteiger partial charge in [0.15, 0.2) is 12.4 Å². The average molecular weight is 614 g/mol. The van der Waals surface area contributed by atoms with E-state index >= 15 is 0 Å². The molecule has 44 heavy (non-hydrogen) atoms. The Bertz CT molecular complexity index is 1740. The number of anilines is 1. The molecule has 0 aliphatic carbocycles. The van der Waals surface area contributed by atoms with E-state index in [1.807, 2.05) is 0 Å². The number of alkyl halides is 4. The van der Waals surface area contributed by atoms with Crippen LogP contribution in [0.4, 0.5) is 23.4 Å². The fourth-order valence-electron chi connectivity index (χ4n) is 4.88. The maximum absolute atomic E-state index is 14.6. The predicted octanol–water partition coefficient (Wildman–Crippen LogP) is 4.23. The van der Waals surface area contributed by atoms with Gasteiger partial charge in [0.25, 0.3) is 0 Å². The van der Waals surface area contributed by atoms with Gasteiger partial charge >= 0.3 is 6.18 Å². The lowest BCUT2D eigenvalue weighted by Crippen LogP contribution is -2.44. The molecule has 15 heteroatoms. The van der Waals surface area contributed by atoms with E-state index in [0.717, 1.165) is 16.0 Å². The van der Waals surface area contributed by atoms with E-state index in [2.05, 4.69) is 30.1 Å². The summed E-state index contributed by atoms with van der Waals surface area (Å²) in [6.45, 7) is 2.37. The number of ether oxygens (including phenoxy) is 1. The van der Waals surface area contributed by atoms with E-state index in [0.29, 0.717) is 22.3 Å². The molecule has 1 fully saturated rings. The van der Waals surface area contributed by atoms with Gasteiger partial charge in [0.2, 0.25) is 17.7 Å². The number of hydrogen-bond donors (Lipinski definition) is 1. The normalized spacial score (nSPS) is 16.8. The molecule has 0 unspecified atom stereocenters. The zero-order valence-electron chi connectivity index (χ0n) is 23.9. The highest BCUT2D eigenvalue weighted by Crippen LogP contribution is 2.28. The van der Waals surface area contributed by atoms with Gasteiger partial charge in [-0.25, -0.2) is 14.4 Å². The molecule has 2 atom stereocenters. The fraction of sp³-hybridized carbons (Fsp3) is 0.345. The van der Waals surface area contributed by atoms with Crippen LogP contribution in [0.25, 0.3) is 22.0 Å². The van der Waals surface area contributed by atoms with Crippen LogP contribution in [0.1, 0.15) is 35.2 Å². The van der Waals surface area contributed by atoms with Gasteiger partial charge < -0.3 is 15.0 Å². The first-order valence-corrected chi connectivity index (χ1v) is 13.5. The smallest absolute Gasteiger partial charge is 0.422 e. The molecule has 0 saturated carbocycles. The predicted molar refractivity (Wildman–Crippen MR) is 150 cm³/mol. The van der Waals surface area contributed by atoms with Crippen LogP contribution in [0, 0.1) is 13.8 Å². The summed E-state index contributed by atoms with van der Waals surface area (Å²) in [5, 5.41) is 7.33. The molecule has 0 radical (unpaired) electrons. The van der Waals surface area contributed by atoms with Gasteiger partial charge in [-0.3, -0.25) is 19.1 Å². The number of aryl methyl sites for hydroxylation is 2. The SMILES string of the molecule is CC(=O)c1nn(CC(=O)N2C[C@H](F)C[C@H]2C(=O)Nc2nc(OCC(F)(F)F)ccc2C)c2ccc(-c3cnc(C)nc3)cc12. The van der Waals surface area contributed by atoms with Crippen LogP contribution in [0.3, 0.4) is 0 Å². The molecule has 4 heterocycles. The molecule has 1 N–H and O–H groups in total. The number of aromatic nitrogens is 5. The number of fused-ring (bicyclic) bond motifs is 1. The molecule has 0 spiro atoms. The lowest BCUT2D eigenvalue weighted by Gasteiger charge is -2.24. The van der Waals surface area contributed by atoms with E-state index in [1.165, 1.54) is 23.7 Å². The van der Waals surface area contributed by atoms with Crippen molar-refractivity contribution in [1.82, 2.24) is 29.6 Å². The molecule has 1 aromatic carbocycles. The summed E-state index contributed by atoms with van der Waals surface area (Å²) in [5.41, 5.74) is 2.49. The lowest BCUT2D eigenvalue weighted by molar-refractivity contribution is -0.154. The Labute approximate surface area is 248 Å². The largest absolute Gasteiger partial charge is 0.468 e. The van der Waals surface area contributed by atoms with Crippen LogP contribution in [0.2, 0.25) is 0 Å². The second-order valence-electron chi connectivity index (χ2n) is 10.4. The number of pyridine rings is 1. The molecule has 0 bridgehead atoms. The third-order valence-electron chi connectivity index (χ3n) is 7.05. The maximum atomic E-state index is 14.6. The fourth-order valence-corrected chi connectivity index (χ4v) is 4.88. The highest BCUT2D eigenvalue weighted by Gasteiger charge is 2.40. The molecule has 4 aromatic rings.